The maximum absolute atomic E-state index is 11.2. The van der Waals surface area contributed by atoms with Crippen LogP contribution in [0.2, 0.25) is 0 Å². The first-order chi connectivity index (χ1) is 8.75. The zero-order valence-electron chi connectivity index (χ0n) is 10.5. The minimum Gasteiger partial charge on any atom is -0.476 e. The molecule has 2 heterocycles. The molecule has 1 aromatic heterocycles. The lowest BCUT2D eigenvalue weighted by molar-refractivity contribution is 0.0689. The Kier molecular flexibility index (Phi) is 3.07. The molecule has 1 fully saturated rings. The molecule has 0 spiro atoms. The van der Waals surface area contributed by atoms with Crippen LogP contribution in [0.25, 0.3) is 0 Å². The number of fused-ring (bicyclic) bond motifs is 1. The van der Waals surface area contributed by atoms with Crippen LogP contribution in [-0.2, 0) is 19.5 Å². The summed E-state index contributed by atoms with van der Waals surface area (Å²) in [5.74, 6) is 0.00421. The molecule has 1 aromatic rings. The SMILES string of the molecule is O=C(O)c1nc(CNC2CCC2)n2c1CCCC2. The summed E-state index contributed by atoms with van der Waals surface area (Å²) < 4.78 is 2.11. The van der Waals surface area contributed by atoms with Crippen molar-refractivity contribution in [3.63, 3.8) is 0 Å². The average molecular weight is 249 g/mol. The molecule has 0 aromatic carbocycles. The molecular weight excluding hydrogens is 230 g/mol. The molecule has 5 nitrogen and oxygen atoms in total. The minimum atomic E-state index is -0.893. The smallest absolute Gasteiger partial charge is 0.356 e. The number of aromatic carboxylic acids is 1. The van der Waals surface area contributed by atoms with Crippen LogP contribution >= 0.6 is 0 Å². The normalized spacial score (nSPS) is 19.3. The zero-order chi connectivity index (χ0) is 12.5. The van der Waals surface area contributed by atoms with E-state index in [9.17, 15) is 9.90 Å². The summed E-state index contributed by atoms with van der Waals surface area (Å²) in [6.07, 6.45) is 6.81. The number of imidazole rings is 1. The Morgan fingerprint density at radius 2 is 2.22 bits per heavy atom. The highest BCUT2D eigenvalue weighted by Crippen LogP contribution is 2.22. The first kappa shape index (κ1) is 11.7. The van der Waals surface area contributed by atoms with Crippen molar-refractivity contribution in [3.8, 4) is 0 Å². The van der Waals surface area contributed by atoms with E-state index in [0.717, 1.165) is 37.3 Å². The highest BCUT2D eigenvalue weighted by atomic mass is 16.4. The molecule has 1 saturated carbocycles. The van der Waals surface area contributed by atoms with Crippen LogP contribution in [-0.4, -0.2) is 26.7 Å². The summed E-state index contributed by atoms with van der Waals surface area (Å²) >= 11 is 0. The molecule has 0 radical (unpaired) electrons. The van der Waals surface area contributed by atoms with Crippen molar-refractivity contribution in [2.24, 2.45) is 0 Å². The van der Waals surface area contributed by atoms with Gasteiger partial charge in [-0.15, -0.1) is 0 Å². The fraction of sp³-hybridized carbons (Fsp3) is 0.692. The Morgan fingerprint density at radius 1 is 1.39 bits per heavy atom. The number of nitrogens with zero attached hydrogens (tertiary/aromatic N) is 2. The van der Waals surface area contributed by atoms with E-state index in [1.807, 2.05) is 0 Å². The first-order valence-electron chi connectivity index (χ1n) is 6.80. The molecule has 0 amide bonds. The Bertz CT molecular complexity index is 463. The lowest BCUT2D eigenvalue weighted by atomic mass is 9.93. The Hall–Kier alpha value is -1.36. The van der Waals surface area contributed by atoms with E-state index in [2.05, 4.69) is 14.9 Å². The minimum absolute atomic E-state index is 0.264. The van der Waals surface area contributed by atoms with E-state index in [4.69, 9.17) is 0 Å². The number of hydrogen-bond donors (Lipinski definition) is 2. The fourth-order valence-corrected chi connectivity index (χ4v) is 2.77. The van der Waals surface area contributed by atoms with E-state index in [-0.39, 0.29) is 5.69 Å². The van der Waals surface area contributed by atoms with Gasteiger partial charge in [0.05, 0.1) is 12.2 Å². The van der Waals surface area contributed by atoms with Crippen LogP contribution in [0.15, 0.2) is 0 Å². The number of aromatic nitrogens is 2. The molecule has 2 aliphatic rings. The average Bonchev–Trinajstić information content (AvgIpc) is 2.67. The van der Waals surface area contributed by atoms with E-state index in [1.54, 1.807) is 0 Å². The standard InChI is InChI=1S/C13H19N3O2/c17-13(18)12-10-6-1-2-7-16(10)11(15-12)8-14-9-4-3-5-9/h9,14H,1-8H2,(H,17,18). The van der Waals surface area contributed by atoms with Crippen molar-refractivity contribution in [2.45, 2.75) is 57.7 Å². The summed E-state index contributed by atoms with van der Waals surface area (Å²) in [7, 11) is 0. The quantitative estimate of drug-likeness (QED) is 0.849. The maximum Gasteiger partial charge on any atom is 0.356 e. The summed E-state index contributed by atoms with van der Waals surface area (Å²) in [5.41, 5.74) is 1.18. The van der Waals surface area contributed by atoms with Gasteiger partial charge >= 0.3 is 5.97 Å². The Morgan fingerprint density at radius 3 is 2.89 bits per heavy atom. The lowest BCUT2D eigenvalue weighted by Gasteiger charge is -2.26. The number of nitrogens with one attached hydrogen (secondary N) is 1. The molecule has 98 valence electrons. The second-order valence-electron chi connectivity index (χ2n) is 5.25. The second kappa shape index (κ2) is 4.72. The summed E-state index contributed by atoms with van der Waals surface area (Å²) in [5, 5.41) is 12.7. The van der Waals surface area contributed by atoms with Crippen LogP contribution in [0.1, 0.15) is 54.1 Å². The second-order valence-corrected chi connectivity index (χ2v) is 5.25. The van der Waals surface area contributed by atoms with E-state index in [1.165, 1.54) is 19.3 Å². The fourth-order valence-electron chi connectivity index (χ4n) is 2.77. The van der Waals surface area contributed by atoms with Gasteiger partial charge in [-0.05, 0) is 32.1 Å². The highest BCUT2D eigenvalue weighted by molar-refractivity contribution is 5.86. The van der Waals surface area contributed by atoms with Crippen molar-refractivity contribution in [3.05, 3.63) is 17.2 Å². The maximum atomic E-state index is 11.2. The molecule has 1 aliphatic heterocycles. The largest absolute Gasteiger partial charge is 0.476 e. The Balaban J connectivity index is 1.81. The van der Waals surface area contributed by atoms with Crippen molar-refractivity contribution in [1.29, 1.82) is 0 Å². The van der Waals surface area contributed by atoms with E-state index >= 15 is 0 Å². The Labute approximate surface area is 106 Å². The van der Waals surface area contributed by atoms with E-state index < -0.39 is 5.97 Å². The third-order valence-electron chi connectivity index (χ3n) is 4.05. The zero-order valence-corrected chi connectivity index (χ0v) is 10.5. The van der Waals surface area contributed by atoms with Gasteiger partial charge in [-0.3, -0.25) is 0 Å². The number of hydrogen-bond acceptors (Lipinski definition) is 3. The molecule has 1 aliphatic carbocycles. The van der Waals surface area contributed by atoms with Crippen LogP contribution < -0.4 is 5.32 Å². The van der Waals surface area contributed by atoms with Crippen molar-refractivity contribution in [2.75, 3.05) is 0 Å². The summed E-state index contributed by atoms with van der Waals surface area (Å²) in [6.45, 7) is 1.61. The monoisotopic (exact) mass is 249 g/mol. The molecule has 0 unspecified atom stereocenters. The number of carboxylic acid groups (broad SMARTS) is 1. The van der Waals surface area contributed by atoms with Gasteiger partial charge in [0.1, 0.15) is 5.82 Å². The van der Waals surface area contributed by atoms with Crippen LogP contribution in [0.5, 0.6) is 0 Å². The molecule has 0 saturated heterocycles. The predicted molar refractivity (Wildman–Crippen MR) is 66.6 cm³/mol. The van der Waals surface area contributed by atoms with Gasteiger partial charge in [0.15, 0.2) is 5.69 Å². The topological polar surface area (TPSA) is 67.2 Å². The van der Waals surface area contributed by atoms with Crippen LogP contribution in [0.4, 0.5) is 0 Å². The van der Waals surface area contributed by atoms with Crippen molar-refractivity contribution < 1.29 is 9.90 Å². The highest BCUT2D eigenvalue weighted by Gasteiger charge is 2.24. The third kappa shape index (κ3) is 2.03. The number of rotatable bonds is 4. The summed E-state index contributed by atoms with van der Waals surface area (Å²) in [4.78, 5) is 15.5. The molecule has 2 N–H and O–H groups in total. The van der Waals surface area contributed by atoms with Gasteiger partial charge in [-0.1, -0.05) is 6.42 Å². The van der Waals surface area contributed by atoms with E-state index in [0.29, 0.717) is 12.6 Å². The third-order valence-corrected chi connectivity index (χ3v) is 4.05. The molecule has 0 atom stereocenters. The van der Waals surface area contributed by atoms with Crippen LogP contribution in [0, 0.1) is 0 Å². The molecule has 18 heavy (non-hydrogen) atoms. The summed E-state index contributed by atoms with van der Waals surface area (Å²) in [6, 6.07) is 0.606. The molecule has 5 heteroatoms. The van der Waals surface area contributed by atoms with Gasteiger partial charge in [0, 0.05) is 12.6 Å². The molecule has 3 rings (SSSR count). The van der Waals surface area contributed by atoms with Gasteiger partial charge in [0.2, 0.25) is 0 Å². The predicted octanol–water partition coefficient (Wildman–Crippen LogP) is 1.56. The first-order valence-corrected chi connectivity index (χ1v) is 6.80. The molecule has 0 bridgehead atoms. The number of carboxylic acids is 1. The lowest BCUT2D eigenvalue weighted by Crippen LogP contribution is -2.35. The number of carbonyl (C=O) groups is 1. The van der Waals surface area contributed by atoms with Gasteiger partial charge < -0.3 is 15.0 Å². The molecular formula is C13H19N3O2. The van der Waals surface area contributed by atoms with Gasteiger partial charge in [-0.2, -0.15) is 0 Å². The van der Waals surface area contributed by atoms with Crippen LogP contribution in [0.3, 0.4) is 0 Å². The van der Waals surface area contributed by atoms with Crippen molar-refractivity contribution >= 4 is 5.97 Å². The van der Waals surface area contributed by atoms with Gasteiger partial charge in [-0.25, -0.2) is 9.78 Å². The van der Waals surface area contributed by atoms with Gasteiger partial charge in [0.25, 0.3) is 0 Å². The van der Waals surface area contributed by atoms with Crippen molar-refractivity contribution in [1.82, 2.24) is 14.9 Å².